The first-order valence-corrected chi connectivity index (χ1v) is 24.5. The Kier molecular flexibility index (Phi) is 14.4. The van der Waals surface area contributed by atoms with Crippen molar-refractivity contribution in [1.82, 2.24) is 39.8 Å². The number of benzene rings is 2. The van der Waals surface area contributed by atoms with E-state index in [0.717, 1.165) is 16.6 Å². The molecule has 0 aliphatic carbocycles. The first-order valence-electron chi connectivity index (χ1n) is 23.3. The molecule has 1 unspecified atom stereocenters. The Labute approximate surface area is 412 Å². The second-order valence-corrected chi connectivity index (χ2v) is 21.7. The lowest BCUT2D eigenvalue weighted by Gasteiger charge is -2.44. The predicted octanol–water partition coefficient (Wildman–Crippen LogP) is 8.35. The van der Waals surface area contributed by atoms with E-state index in [9.17, 15) is 37.1 Å². The standard InChI is InChI=1S/C49H57ClF3N9O7S/c1-47(2,3)68-45(66)38(29-13-15-59(16-14-29)25-28-26-62(27-28)46(67)69-48(4,5)6)44(65)61-19-17-60(18-20-61)43(64)33-12-11-31(23-35(33)50)56-42(63)41-54-24-32(55-41)22-34-39(57-58-40(34)49(51,52)53)37-21-30-9-7-8-10-36(30)70-37/h7-12,21,23-24,28-29,38H,13-20,22,25-27H2,1-6H3,(H,54,55)(H,56,63)(H,57,58). The van der Waals surface area contributed by atoms with Gasteiger partial charge in [-0.25, -0.2) is 9.78 Å². The maximum absolute atomic E-state index is 14.2. The second-order valence-electron chi connectivity index (χ2n) is 20.2. The third kappa shape index (κ3) is 11.8. The summed E-state index contributed by atoms with van der Waals surface area (Å²) in [5.74, 6) is -3.01. The molecule has 0 spiro atoms. The normalized spacial score (nSPS) is 17.1. The molecule has 2 aromatic carbocycles. The molecule has 0 saturated carbocycles. The number of piperazine rings is 1. The zero-order valence-corrected chi connectivity index (χ0v) is 41.4. The number of carbonyl (C=O) groups excluding carboxylic acids is 5. The number of H-pyrrole nitrogens is 2. The third-order valence-electron chi connectivity index (χ3n) is 12.5. The number of halogens is 4. The number of fused-ring (bicyclic) bond motifs is 1. The van der Waals surface area contributed by atoms with Gasteiger partial charge in [-0.1, -0.05) is 29.8 Å². The van der Waals surface area contributed by atoms with Gasteiger partial charge in [-0.2, -0.15) is 18.3 Å². The lowest BCUT2D eigenvalue weighted by molar-refractivity contribution is -0.168. The van der Waals surface area contributed by atoms with E-state index >= 15 is 0 Å². The Balaban J connectivity index is 0.848. The monoisotopic (exact) mass is 1010 g/mol. The topological polar surface area (TPSA) is 186 Å². The van der Waals surface area contributed by atoms with Crippen LogP contribution in [0.3, 0.4) is 0 Å². The van der Waals surface area contributed by atoms with Gasteiger partial charge in [0.15, 0.2) is 5.82 Å². The number of thiophene rings is 1. The number of ether oxygens (including phenoxy) is 2. The summed E-state index contributed by atoms with van der Waals surface area (Å²) in [6, 6.07) is 13.6. The first-order chi connectivity index (χ1) is 33.0. The molecule has 21 heteroatoms. The van der Waals surface area contributed by atoms with Crippen molar-refractivity contribution in [3.63, 3.8) is 0 Å². The Morgan fingerprint density at radius 3 is 2.19 bits per heavy atom. The number of nitrogens with zero attached hydrogens (tertiary/aromatic N) is 6. The van der Waals surface area contributed by atoms with E-state index in [2.05, 4.69) is 30.4 Å². The molecule has 0 radical (unpaired) electrons. The maximum atomic E-state index is 14.2. The van der Waals surface area contributed by atoms with Crippen LogP contribution in [-0.4, -0.2) is 140 Å². The molecule has 374 valence electrons. The number of imidazole rings is 1. The van der Waals surface area contributed by atoms with Gasteiger partial charge in [-0.15, -0.1) is 11.3 Å². The van der Waals surface area contributed by atoms with Crippen molar-refractivity contribution in [2.24, 2.45) is 17.8 Å². The summed E-state index contributed by atoms with van der Waals surface area (Å²) in [6.45, 7) is 15.1. The van der Waals surface area contributed by atoms with E-state index in [4.69, 9.17) is 21.1 Å². The minimum atomic E-state index is -4.71. The highest BCUT2D eigenvalue weighted by Crippen LogP contribution is 2.40. The summed E-state index contributed by atoms with van der Waals surface area (Å²) in [5, 5.41) is 9.81. The first kappa shape index (κ1) is 50.4. The fourth-order valence-corrected chi connectivity index (χ4v) is 10.5. The van der Waals surface area contributed by atoms with Crippen LogP contribution in [0.25, 0.3) is 20.7 Å². The predicted molar refractivity (Wildman–Crippen MR) is 257 cm³/mol. The fraction of sp³-hybridized carbons (Fsp3) is 0.490. The summed E-state index contributed by atoms with van der Waals surface area (Å²) in [7, 11) is 0. The number of hydrogen-bond donors (Lipinski definition) is 3. The third-order valence-corrected chi connectivity index (χ3v) is 13.9. The Morgan fingerprint density at radius 1 is 0.871 bits per heavy atom. The number of hydrogen-bond acceptors (Lipinski definition) is 11. The van der Waals surface area contributed by atoms with Crippen molar-refractivity contribution in [3.05, 3.63) is 88.1 Å². The number of amides is 4. The molecule has 5 aromatic rings. The number of alkyl halides is 3. The summed E-state index contributed by atoms with van der Waals surface area (Å²) in [6.07, 6.45) is -2.72. The molecule has 16 nitrogen and oxygen atoms in total. The van der Waals surface area contributed by atoms with Crippen LogP contribution in [0.2, 0.25) is 5.02 Å². The molecule has 8 rings (SSSR count). The van der Waals surface area contributed by atoms with E-state index in [0.29, 0.717) is 49.8 Å². The largest absolute Gasteiger partial charge is 0.459 e. The number of nitrogens with one attached hydrogen (secondary N) is 3. The zero-order valence-electron chi connectivity index (χ0n) is 39.9. The highest BCUT2D eigenvalue weighted by atomic mass is 35.5. The summed E-state index contributed by atoms with van der Waals surface area (Å²) < 4.78 is 54.6. The molecule has 3 aliphatic heterocycles. The lowest BCUT2D eigenvalue weighted by atomic mass is 9.82. The number of aromatic amines is 2. The average molecular weight is 1010 g/mol. The molecular weight excluding hydrogens is 951 g/mol. The van der Waals surface area contributed by atoms with Crippen molar-refractivity contribution < 1.29 is 46.6 Å². The van der Waals surface area contributed by atoms with Gasteiger partial charge in [0, 0.05) is 86.0 Å². The van der Waals surface area contributed by atoms with E-state index in [1.54, 1.807) is 41.5 Å². The van der Waals surface area contributed by atoms with Crippen molar-refractivity contribution >= 4 is 68.5 Å². The minimum Gasteiger partial charge on any atom is -0.459 e. The zero-order chi connectivity index (χ0) is 50.3. The molecule has 3 aliphatic rings. The fourth-order valence-electron chi connectivity index (χ4n) is 9.14. The summed E-state index contributed by atoms with van der Waals surface area (Å²) >= 11 is 7.94. The molecule has 3 aromatic heterocycles. The SMILES string of the molecule is CC(C)(C)OC(=O)C(C(=O)N1CCN(C(=O)c2ccc(NC(=O)c3ncc(Cc4c(-c5cc6ccccc6s5)n[nH]c4C(F)(F)F)[nH]3)cc2Cl)CC1)C1CCN(CC2CN(C(=O)OC(C)(C)C)C2)CC1. The van der Waals surface area contributed by atoms with Gasteiger partial charge in [-0.05, 0) is 109 Å². The lowest BCUT2D eigenvalue weighted by Crippen LogP contribution is -2.56. The van der Waals surface area contributed by atoms with Gasteiger partial charge >= 0.3 is 18.2 Å². The van der Waals surface area contributed by atoms with Gasteiger partial charge in [-0.3, -0.25) is 24.3 Å². The number of aromatic nitrogens is 4. The average Bonchev–Trinajstić information content (AvgIpc) is 4.03. The van der Waals surface area contributed by atoms with Crippen LogP contribution in [0.15, 0.2) is 54.7 Å². The highest BCUT2D eigenvalue weighted by molar-refractivity contribution is 7.22. The van der Waals surface area contributed by atoms with Gasteiger partial charge in [0.25, 0.3) is 11.8 Å². The molecule has 6 heterocycles. The number of likely N-dealkylation sites (tertiary alicyclic amines) is 2. The minimum absolute atomic E-state index is 0.0591. The van der Waals surface area contributed by atoms with Gasteiger partial charge in [0.2, 0.25) is 5.91 Å². The molecule has 3 saturated heterocycles. The van der Waals surface area contributed by atoms with E-state index in [-0.39, 0.29) is 95.5 Å². The van der Waals surface area contributed by atoms with Crippen LogP contribution in [-0.2, 0) is 31.7 Å². The van der Waals surface area contributed by atoms with Crippen molar-refractivity contribution in [3.8, 4) is 10.6 Å². The van der Waals surface area contributed by atoms with Crippen LogP contribution in [0.4, 0.5) is 23.7 Å². The van der Waals surface area contributed by atoms with E-state index < -0.39 is 40.9 Å². The van der Waals surface area contributed by atoms with Gasteiger partial charge in [0.1, 0.15) is 28.5 Å². The highest BCUT2D eigenvalue weighted by Gasteiger charge is 2.44. The molecular formula is C49H57ClF3N9O7S. The van der Waals surface area contributed by atoms with Crippen LogP contribution in [0.1, 0.15) is 92.3 Å². The number of esters is 1. The van der Waals surface area contributed by atoms with Crippen LogP contribution >= 0.6 is 22.9 Å². The number of anilines is 1. The molecule has 1 atom stereocenters. The van der Waals surface area contributed by atoms with Crippen molar-refractivity contribution in [1.29, 1.82) is 0 Å². The second kappa shape index (κ2) is 20.0. The number of rotatable bonds is 11. The molecule has 3 fully saturated rings. The Morgan fingerprint density at radius 2 is 1.54 bits per heavy atom. The summed E-state index contributed by atoms with van der Waals surface area (Å²) in [4.78, 5) is 82.2. The quantitative estimate of drug-likeness (QED) is 0.0858. The van der Waals surface area contributed by atoms with Gasteiger partial charge < -0.3 is 39.4 Å². The van der Waals surface area contributed by atoms with Crippen LogP contribution < -0.4 is 5.32 Å². The van der Waals surface area contributed by atoms with Crippen molar-refractivity contribution in [2.45, 2.75) is 78.2 Å². The maximum Gasteiger partial charge on any atom is 0.433 e. The number of piperidine rings is 1. The molecule has 0 bridgehead atoms. The number of carbonyl (C=O) groups is 5. The van der Waals surface area contributed by atoms with Crippen LogP contribution in [0.5, 0.6) is 0 Å². The smallest absolute Gasteiger partial charge is 0.433 e. The van der Waals surface area contributed by atoms with Crippen molar-refractivity contribution in [2.75, 3.05) is 64.2 Å². The van der Waals surface area contributed by atoms with E-state index in [1.807, 2.05) is 45.0 Å². The molecule has 70 heavy (non-hydrogen) atoms. The Hall–Kier alpha value is -5.99. The van der Waals surface area contributed by atoms with Crippen LogP contribution in [0, 0.1) is 17.8 Å². The van der Waals surface area contributed by atoms with E-state index in [1.165, 1.54) is 35.7 Å². The summed E-state index contributed by atoms with van der Waals surface area (Å²) in [5.41, 5.74) is -1.62. The Bertz CT molecular complexity index is 2720. The molecule has 3 N–H and O–H groups in total. The van der Waals surface area contributed by atoms with Gasteiger partial charge in [0.05, 0.1) is 15.5 Å². The molecule has 4 amide bonds.